The number of nitrogens with one attached hydrogen (secondary N) is 1. The average molecular weight is 283 g/mol. The summed E-state index contributed by atoms with van der Waals surface area (Å²) in [6, 6.07) is 6.69. The van der Waals surface area contributed by atoms with Gasteiger partial charge >= 0.3 is 0 Å². The third-order valence-corrected chi connectivity index (χ3v) is 4.03. The van der Waals surface area contributed by atoms with Crippen molar-refractivity contribution in [2.24, 2.45) is 0 Å². The summed E-state index contributed by atoms with van der Waals surface area (Å²) < 4.78 is 0. The molecule has 1 saturated heterocycles. The third kappa shape index (κ3) is 3.41. The first-order valence-corrected chi connectivity index (χ1v) is 7.39. The standard InChI is InChI=1S/C15H23ClN2O/c1-11(2)17-9-13-14(16)6-3-7-15(13)18-8-4-5-12(18)10-19/h3,6-7,11-12,17,19H,4-5,8-10H2,1-2H3. The monoisotopic (exact) mass is 282 g/mol. The van der Waals surface area contributed by atoms with Gasteiger partial charge < -0.3 is 15.3 Å². The first kappa shape index (κ1) is 14.6. The summed E-state index contributed by atoms with van der Waals surface area (Å²) in [4.78, 5) is 2.29. The SMILES string of the molecule is CC(C)NCc1c(Cl)cccc1N1CCCC1CO. The minimum Gasteiger partial charge on any atom is -0.394 e. The molecule has 2 rings (SSSR count). The molecule has 0 radical (unpaired) electrons. The van der Waals surface area contributed by atoms with Crippen molar-refractivity contribution < 1.29 is 5.11 Å². The quantitative estimate of drug-likeness (QED) is 0.872. The molecule has 0 amide bonds. The summed E-state index contributed by atoms with van der Waals surface area (Å²) in [7, 11) is 0. The van der Waals surface area contributed by atoms with Crippen LogP contribution in [0.5, 0.6) is 0 Å². The van der Waals surface area contributed by atoms with Gasteiger partial charge in [-0.05, 0) is 25.0 Å². The number of hydrogen-bond acceptors (Lipinski definition) is 3. The zero-order valence-electron chi connectivity index (χ0n) is 11.7. The summed E-state index contributed by atoms with van der Waals surface area (Å²) in [6.45, 7) is 6.23. The van der Waals surface area contributed by atoms with E-state index in [9.17, 15) is 5.11 Å². The second-order valence-electron chi connectivity index (χ2n) is 5.45. The fraction of sp³-hybridized carbons (Fsp3) is 0.600. The van der Waals surface area contributed by atoms with Crippen molar-refractivity contribution >= 4 is 17.3 Å². The van der Waals surface area contributed by atoms with Gasteiger partial charge in [-0.15, -0.1) is 0 Å². The van der Waals surface area contributed by atoms with Crippen LogP contribution in [0, 0.1) is 0 Å². The molecule has 1 aliphatic rings. The minimum atomic E-state index is 0.212. The van der Waals surface area contributed by atoms with Gasteiger partial charge in [0.2, 0.25) is 0 Å². The Balaban J connectivity index is 2.26. The highest BCUT2D eigenvalue weighted by atomic mass is 35.5. The van der Waals surface area contributed by atoms with E-state index in [2.05, 4.69) is 30.1 Å². The van der Waals surface area contributed by atoms with Crippen molar-refractivity contribution in [3.05, 3.63) is 28.8 Å². The van der Waals surface area contributed by atoms with Gasteiger partial charge in [-0.3, -0.25) is 0 Å². The smallest absolute Gasteiger partial charge is 0.0635 e. The molecule has 0 bridgehead atoms. The van der Waals surface area contributed by atoms with Crippen molar-refractivity contribution in [1.29, 1.82) is 0 Å². The topological polar surface area (TPSA) is 35.5 Å². The summed E-state index contributed by atoms with van der Waals surface area (Å²) in [5, 5.41) is 13.7. The van der Waals surface area contributed by atoms with E-state index in [0.717, 1.165) is 42.2 Å². The molecule has 1 fully saturated rings. The lowest BCUT2D eigenvalue weighted by atomic mass is 10.1. The molecule has 0 aliphatic carbocycles. The van der Waals surface area contributed by atoms with Gasteiger partial charge in [0, 0.05) is 35.4 Å². The minimum absolute atomic E-state index is 0.212. The summed E-state index contributed by atoms with van der Waals surface area (Å²) in [5.41, 5.74) is 2.30. The van der Waals surface area contributed by atoms with Crippen molar-refractivity contribution in [3.8, 4) is 0 Å². The normalized spacial score (nSPS) is 19.4. The van der Waals surface area contributed by atoms with E-state index >= 15 is 0 Å². The summed E-state index contributed by atoms with van der Waals surface area (Å²) >= 11 is 6.35. The van der Waals surface area contributed by atoms with Crippen LogP contribution in [0.25, 0.3) is 0 Å². The number of rotatable bonds is 5. The Morgan fingerprint density at radius 1 is 1.47 bits per heavy atom. The van der Waals surface area contributed by atoms with Crippen molar-refractivity contribution in [2.45, 2.75) is 45.3 Å². The molecule has 1 aliphatic heterocycles. The van der Waals surface area contributed by atoms with Crippen LogP contribution in [0.2, 0.25) is 5.02 Å². The van der Waals surface area contributed by atoms with Crippen LogP contribution in [-0.2, 0) is 6.54 Å². The third-order valence-electron chi connectivity index (χ3n) is 3.68. The molecule has 1 aromatic rings. The number of hydrogen-bond donors (Lipinski definition) is 2. The van der Waals surface area contributed by atoms with Crippen LogP contribution in [-0.4, -0.2) is 30.3 Å². The van der Waals surface area contributed by atoms with E-state index in [4.69, 9.17) is 11.6 Å². The van der Waals surface area contributed by atoms with Crippen molar-refractivity contribution in [3.63, 3.8) is 0 Å². The predicted molar refractivity (Wildman–Crippen MR) is 80.9 cm³/mol. The molecule has 0 spiro atoms. The van der Waals surface area contributed by atoms with Gasteiger partial charge in [0.25, 0.3) is 0 Å². The Kier molecular flexibility index (Phi) is 5.08. The van der Waals surface area contributed by atoms with Crippen molar-refractivity contribution in [2.75, 3.05) is 18.1 Å². The summed E-state index contributed by atoms with van der Waals surface area (Å²) in [5.74, 6) is 0. The number of benzene rings is 1. The van der Waals surface area contributed by atoms with Crippen LogP contribution in [0.15, 0.2) is 18.2 Å². The highest BCUT2D eigenvalue weighted by Crippen LogP contribution is 2.32. The van der Waals surface area contributed by atoms with E-state index in [0.29, 0.717) is 6.04 Å². The fourth-order valence-electron chi connectivity index (χ4n) is 2.64. The largest absolute Gasteiger partial charge is 0.394 e. The molecule has 1 aromatic carbocycles. The highest BCUT2D eigenvalue weighted by molar-refractivity contribution is 6.31. The zero-order valence-corrected chi connectivity index (χ0v) is 12.5. The Hall–Kier alpha value is -0.770. The molecule has 4 heteroatoms. The predicted octanol–water partition coefficient (Wildman–Crippen LogP) is 2.80. The Labute approximate surface area is 120 Å². The molecule has 3 nitrogen and oxygen atoms in total. The number of anilines is 1. The lowest BCUT2D eigenvalue weighted by Crippen LogP contribution is -2.33. The molecule has 106 valence electrons. The van der Waals surface area contributed by atoms with Gasteiger partial charge in [-0.1, -0.05) is 31.5 Å². The number of nitrogens with zero attached hydrogens (tertiary/aromatic N) is 1. The van der Waals surface area contributed by atoms with E-state index in [1.807, 2.05) is 12.1 Å². The average Bonchev–Trinajstić information content (AvgIpc) is 2.84. The van der Waals surface area contributed by atoms with Gasteiger partial charge in [0.15, 0.2) is 0 Å². The maximum atomic E-state index is 9.49. The van der Waals surface area contributed by atoms with Crippen LogP contribution in [0.4, 0.5) is 5.69 Å². The molecule has 1 unspecified atom stereocenters. The maximum Gasteiger partial charge on any atom is 0.0635 e. The molecule has 0 aromatic heterocycles. The Morgan fingerprint density at radius 2 is 2.26 bits per heavy atom. The van der Waals surface area contributed by atoms with E-state index in [1.165, 1.54) is 0 Å². The van der Waals surface area contributed by atoms with E-state index < -0.39 is 0 Å². The van der Waals surface area contributed by atoms with Crippen LogP contribution >= 0.6 is 11.6 Å². The molecule has 2 N–H and O–H groups in total. The molecule has 1 heterocycles. The molecular weight excluding hydrogens is 260 g/mol. The molecular formula is C15H23ClN2O. The highest BCUT2D eigenvalue weighted by Gasteiger charge is 2.26. The summed E-state index contributed by atoms with van der Waals surface area (Å²) in [6.07, 6.45) is 2.19. The molecule has 1 atom stereocenters. The van der Waals surface area contributed by atoms with E-state index in [-0.39, 0.29) is 12.6 Å². The first-order valence-electron chi connectivity index (χ1n) is 7.01. The van der Waals surface area contributed by atoms with E-state index in [1.54, 1.807) is 0 Å². The Bertz CT molecular complexity index is 423. The fourth-order valence-corrected chi connectivity index (χ4v) is 2.88. The van der Waals surface area contributed by atoms with Gasteiger partial charge in [-0.25, -0.2) is 0 Å². The van der Waals surface area contributed by atoms with Crippen molar-refractivity contribution in [1.82, 2.24) is 5.32 Å². The lowest BCUT2D eigenvalue weighted by Gasteiger charge is -2.28. The zero-order chi connectivity index (χ0) is 13.8. The molecule has 0 saturated carbocycles. The van der Waals surface area contributed by atoms with Crippen LogP contribution < -0.4 is 10.2 Å². The maximum absolute atomic E-state index is 9.49. The number of aliphatic hydroxyl groups is 1. The van der Waals surface area contributed by atoms with Crippen LogP contribution in [0.1, 0.15) is 32.3 Å². The van der Waals surface area contributed by atoms with Gasteiger partial charge in [0.05, 0.1) is 12.6 Å². The second kappa shape index (κ2) is 6.60. The number of aliphatic hydroxyl groups excluding tert-OH is 1. The second-order valence-corrected chi connectivity index (χ2v) is 5.85. The van der Waals surface area contributed by atoms with Gasteiger partial charge in [-0.2, -0.15) is 0 Å². The lowest BCUT2D eigenvalue weighted by molar-refractivity contribution is 0.266. The van der Waals surface area contributed by atoms with Crippen LogP contribution in [0.3, 0.4) is 0 Å². The number of halogens is 1. The molecule has 19 heavy (non-hydrogen) atoms. The van der Waals surface area contributed by atoms with Gasteiger partial charge in [0.1, 0.15) is 0 Å². The first-order chi connectivity index (χ1) is 9.13. The Morgan fingerprint density at radius 3 is 2.95 bits per heavy atom.